The van der Waals surface area contributed by atoms with Crippen molar-refractivity contribution in [1.82, 2.24) is 9.97 Å². The number of nitrogens with zero attached hydrogens (tertiary/aromatic N) is 1. The van der Waals surface area contributed by atoms with E-state index in [0.29, 0.717) is 51.2 Å². The summed E-state index contributed by atoms with van der Waals surface area (Å²) in [6.07, 6.45) is 2.29. The molecule has 4 aromatic rings. The Kier molecular flexibility index (Phi) is 6.48. The lowest BCUT2D eigenvalue weighted by atomic mass is 10.00. The van der Waals surface area contributed by atoms with E-state index < -0.39 is 11.9 Å². The van der Waals surface area contributed by atoms with Crippen LogP contribution in [0.2, 0.25) is 5.02 Å². The highest BCUT2D eigenvalue weighted by Crippen LogP contribution is 2.40. The summed E-state index contributed by atoms with van der Waals surface area (Å²) in [7, 11) is 1.56. The molecule has 1 atom stereocenters. The van der Waals surface area contributed by atoms with Gasteiger partial charge in [0.2, 0.25) is 0 Å². The number of aliphatic hydroxyl groups excluding tert-OH is 1. The van der Waals surface area contributed by atoms with Gasteiger partial charge in [0.25, 0.3) is 0 Å². The molecular formula is C24H22ClFN2O4. The van der Waals surface area contributed by atoms with Crippen LogP contribution in [0.1, 0.15) is 29.7 Å². The maximum atomic E-state index is 14.2. The number of H-pyrrole nitrogens is 1. The molecule has 0 spiro atoms. The second-order valence-corrected chi connectivity index (χ2v) is 7.49. The number of para-hydroxylation sites is 1. The lowest BCUT2D eigenvalue weighted by molar-refractivity contribution is 0.208. The summed E-state index contributed by atoms with van der Waals surface area (Å²) in [5, 5.41) is 12.3. The average molecular weight is 457 g/mol. The molecule has 0 aliphatic carbocycles. The zero-order chi connectivity index (χ0) is 22.7. The number of fused-ring (bicyclic) bond motifs is 1. The van der Waals surface area contributed by atoms with Crippen molar-refractivity contribution in [3.05, 3.63) is 82.4 Å². The first-order valence-electron chi connectivity index (χ1n) is 10.0. The number of ether oxygens (including phenoxy) is 3. The van der Waals surface area contributed by atoms with Crippen molar-refractivity contribution in [3.8, 4) is 17.2 Å². The fraction of sp³-hybridized carbons (Fsp3) is 0.208. The molecule has 0 amide bonds. The highest BCUT2D eigenvalue weighted by molar-refractivity contribution is 6.30. The molecule has 0 fully saturated rings. The summed E-state index contributed by atoms with van der Waals surface area (Å²) >= 11 is 5.82. The molecular weight excluding hydrogens is 435 g/mol. The first kappa shape index (κ1) is 21.9. The van der Waals surface area contributed by atoms with Crippen molar-refractivity contribution < 1.29 is 23.7 Å². The van der Waals surface area contributed by atoms with E-state index >= 15 is 0 Å². The van der Waals surface area contributed by atoms with E-state index in [1.165, 1.54) is 6.07 Å². The number of aromatic nitrogens is 2. The quantitative estimate of drug-likeness (QED) is 0.370. The predicted molar refractivity (Wildman–Crippen MR) is 120 cm³/mol. The number of hydrogen-bond acceptors (Lipinski definition) is 5. The third-order valence-corrected chi connectivity index (χ3v) is 5.29. The summed E-state index contributed by atoms with van der Waals surface area (Å²) in [6.45, 7) is 2.18. The fourth-order valence-corrected chi connectivity index (χ4v) is 3.62. The molecule has 8 heteroatoms. The van der Waals surface area contributed by atoms with Gasteiger partial charge in [0, 0.05) is 33.3 Å². The number of aliphatic hydroxyl groups is 1. The summed E-state index contributed by atoms with van der Waals surface area (Å²) in [6, 6.07) is 11.5. The van der Waals surface area contributed by atoms with Crippen LogP contribution in [-0.4, -0.2) is 28.8 Å². The third kappa shape index (κ3) is 4.35. The fourth-order valence-electron chi connectivity index (χ4n) is 3.46. The largest absolute Gasteiger partial charge is 0.495 e. The molecule has 2 heterocycles. The number of methoxy groups -OCH3 is 1. The van der Waals surface area contributed by atoms with Gasteiger partial charge in [-0.05, 0) is 31.2 Å². The minimum absolute atomic E-state index is 0.0170. The monoisotopic (exact) mass is 456 g/mol. The minimum Gasteiger partial charge on any atom is -0.495 e. The Balaban J connectivity index is 1.68. The number of benzene rings is 2. The molecule has 0 saturated carbocycles. The normalized spacial score (nSPS) is 12.0. The van der Waals surface area contributed by atoms with E-state index in [0.717, 1.165) is 5.39 Å². The second-order valence-electron chi connectivity index (χ2n) is 7.05. The summed E-state index contributed by atoms with van der Waals surface area (Å²) in [5.74, 6) is 0.917. The van der Waals surface area contributed by atoms with Gasteiger partial charge in [-0.2, -0.15) is 0 Å². The van der Waals surface area contributed by atoms with Gasteiger partial charge in [0.15, 0.2) is 11.5 Å². The van der Waals surface area contributed by atoms with Crippen molar-refractivity contribution in [2.24, 2.45) is 0 Å². The Labute approximate surface area is 189 Å². The molecule has 0 unspecified atom stereocenters. The van der Waals surface area contributed by atoms with Crippen LogP contribution in [0.3, 0.4) is 0 Å². The highest BCUT2D eigenvalue weighted by atomic mass is 35.5. The van der Waals surface area contributed by atoms with E-state index in [1.807, 2.05) is 6.92 Å². The number of hydrogen-bond donors (Lipinski definition) is 2. The lowest BCUT2D eigenvalue weighted by Crippen LogP contribution is -2.07. The summed E-state index contributed by atoms with van der Waals surface area (Å²) in [4.78, 5) is 7.37. The van der Waals surface area contributed by atoms with Gasteiger partial charge in [-0.3, -0.25) is 0 Å². The van der Waals surface area contributed by atoms with E-state index in [-0.39, 0.29) is 6.61 Å². The first-order chi connectivity index (χ1) is 15.5. The number of halogens is 2. The van der Waals surface area contributed by atoms with Crippen molar-refractivity contribution in [2.45, 2.75) is 19.6 Å². The molecule has 0 radical (unpaired) electrons. The zero-order valence-electron chi connectivity index (χ0n) is 17.6. The van der Waals surface area contributed by atoms with Crippen LogP contribution >= 0.6 is 11.6 Å². The number of aromatic amines is 1. The molecule has 166 valence electrons. The van der Waals surface area contributed by atoms with Crippen LogP contribution < -0.4 is 14.2 Å². The maximum Gasteiger partial charge on any atom is 0.167 e. The number of pyridine rings is 1. The van der Waals surface area contributed by atoms with Gasteiger partial charge in [0.05, 0.1) is 19.9 Å². The van der Waals surface area contributed by atoms with Crippen LogP contribution in [0, 0.1) is 5.82 Å². The van der Waals surface area contributed by atoms with Gasteiger partial charge >= 0.3 is 0 Å². The van der Waals surface area contributed by atoms with Gasteiger partial charge in [-0.15, -0.1) is 0 Å². The van der Waals surface area contributed by atoms with Crippen LogP contribution in [0.4, 0.5) is 4.39 Å². The molecule has 6 nitrogen and oxygen atoms in total. The third-order valence-electron chi connectivity index (χ3n) is 5.06. The summed E-state index contributed by atoms with van der Waals surface area (Å²) < 4.78 is 31.1. The summed E-state index contributed by atoms with van der Waals surface area (Å²) in [5.41, 5.74) is 2.12. The Morgan fingerprint density at radius 2 is 2.00 bits per heavy atom. The standard InChI is InChI=1S/C24H22ClFN2O4/c1-3-31-23-17(22(29)19-12-28-24-18(19)10-16(30-2)11-27-24)5-4-6-21(23)32-13-14-7-8-15(25)9-20(14)26/h4-12,22,29H,3,13H2,1-2H3,(H,27,28)/t22-/m0/s1. The number of nitrogens with one attached hydrogen (secondary N) is 1. The molecule has 4 rings (SSSR count). The Morgan fingerprint density at radius 1 is 1.16 bits per heavy atom. The van der Waals surface area contributed by atoms with Crippen molar-refractivity contribution in [2.75, 3.05) is 13.7 Å². The smallest absolute Gasteiger partial charge is 0.167 e. The van der Waals surface area contributed by atoms with Crippen LogP contribution in [0.5, 0.6) is 17.2 Å². The van der Waals surface area contributed by atoms with Gasteiger partial charge < -0.3 is 24.3 Å². The molecule has 32 heavy (non-hydrogen) atoms. The lowest BCUT2D eigenvalue weighted by Gasteiger charge is -2.19. The van der Waals surface area contributed by atoms with E-state index in [1.54, 1.807) is 55.9 Å². The van der Waals surface area contributed by atoms with E-state index in [9.17, 15) is 9.50 Å². The Morgan fingerprint density at radius 3 is 2.75 bits per heavy atom. The SMILES string of the molecule is CCOc1c(OCc2ccc(Cl)cc2F)cccc1[C@H](O)c1c[nH]c2ncc(OC)cc12. The van der Waals surface area contributed by atoms with E-state index in [2.05, 4.69) is 9.97 Å². The van der Waals surface area contributed by atoms with E-state index in [4.69, 9.17) is 25.8 Å². The van der Waals surface area contributed by atoms with Gasteiger partial charge in [0.1, 0.15) is 29.9 Å². The maximum absolute atomic E-state index is 14.2. The highest BCUT2D eigenvalue weighted by Gasteiger charge is 2.23. The zero-order valence-corrected chi connectivity index (χ0v) is 18.3. The predicted octanol–water partition coefficient (Wildman–Crippen LogP) is 5.42. The molecule has 2 aromatic heterocycles. The average Bonchev–Trinajstić information content (AvgIpc) is 3.22. The van der Waals surface area contributed by atoms with Crippen molar-refractivity contribution >= 4 is 22.6 Å². The molecule has 0 aliphatic heterocycles. The molecule has 2 N–H and O–H groups in total. The first-order valence-corrected chi connectivity index (χ1v) is 10.4. The van der Waals surface area contributed by atoms with Crippen LogP contribution in [0.15, 0.2) is 54.9 Å². The van der Waals surface area contributed by atoms with Gasteiger partial charge in [-0.1, -0.05) is 29.8 Å². The molecule has 0 bridgehead atoms. The Hall–Kier alpha value is -3.29. The molecule has 0 aliphatic rings. The number of rotatable bonds is 8. The Bertz CT molecular complexity index is 1240. The van der Waals surface area contributed by atoms with Gasteiger partial charge in [-0.25, -0.2) is 9.37 Å². The topological polar surface area (TPSA) is 76.6 Å². The van der Waals surface area contributed by atoms with Crippen LogP contribution in [-0.2, 0) is 6.61 Å². The van der Waals surface area contributed by atoms with Crippen molar-refractivity contribution in [1.29, 1.82) is 0 Å². The molecule has 2 aromatic carbocycles. The molecule has 0 saturated heterocycles. The minimum atomic E-state index is -1.02. The van der Waals surface area contributed by atoms with Crippen LogP contribution in [0.25, 0.3) is 11.0 Å². The van der Waals surface area contributed by atoms with Crippen molar-refractivity contribution in [3.63, 3.8) is 0 Å². The second kappa shape index (κ2) is 9.46.